The highest BCUT2D eigenvalue weighted by molar-refractivity contribution is 6.05. The molecule has 14 heteroatoms. The summed E-state index contributed by atoms with van der Waals surface area (Å²) in [7, 11) is 2.39. The molecule has 2 amide bonds. The van der Waals surface area contributed by atoms with Crippen molar-refractivity contribution in [3.8, 4) is 0 Å². The molecular formula is C35H38N2O12. The van der Waals surface area contributed by atoms with Crippen LogP contribution in [0.5, 0.6) is 0 Å². The third kappa shape index (κ3) is 8.44. The lowest BCUT2D eigenvalue weighted by Crippen LogP contribution is -2.32. The van der Waals surface area contributed by atoms with E-state index in [-0.39, 0.29) is 51.1 Å². The smallest absolute Gasteiger partial charge is 0.411 e. The Bertz CT molecular complexity index is 1470. The van der Waals surface area contributed by atoms with Crippen molar-refractivity contribution in [2.24, 2.45) is 22.7 Å². The zero-order valence-corrected chi connectivity index (χ0v) is 27.2. The summed E-state index contributed by atoms with van der Waals surface area (Å²) in [4.78, 5) is 73.2. The molecular weight excluding hydrogens is 640 g/mol. The van der Waals surface area contributed by atoms with Gasteiger partial charge in [-0.2, -0.15) is 0 Å². The summed E-state index contributed by atoms with van der Waals surface area (Å²) in [5, 5.41) is 5.18. The van der Waals surface area contributed by atoms with Crippen molar-refractivity contribution < 1.29 is 57.2 Å². The number of nitrogens with one attached hydrogen (secondary N) is 2. The Morgan fingerprint density at radius 1 is 0.612 bits per heavy atom. The van der Waals surface area contributed by atoms with Gasteiger partial charge in [0.2, 0.25) is 0 Å². The fourth-order valence-corrected chi connectivity index (χ4v) is 5.37. The molecule has 14 nitrogen and oxygen atoms in total. The Kier molecular flexibility index (Phi) is 11.8. The highest BCUT2D eigenvalue weighted by Gasteiger charge is 2.67. The molecule has 4 atom stereocenters. The van der Waals surface area contributed by atoms with Gasteiger partial charge in [-0.15, -0.1) is 13.2 Å². The second-order valence-corrected chi connectivity index (χ2v) is 11.4. The van der Waals surface area contributed by atoms with E-state index in [9.17, 15) is 28.8 Å². The molecule has 2 N–H and O–H groups in total. The van der Waals surface area contributed by atoms with Gasteiger partial charge in [-0.1, -0.05) is 36.4 Å². The number of benzene rings is 2. The van der Waals surface area contributed by atoms with Gasteiger partial charge in [0, 0.05) is 23.2 Å². The molecule has 0 heterocycles. The minimum atomic E-state index is -1.37. The fraction of sp³-hybridized carbons (Fsp3) is 0.371. The third-order valence-electron chi connectivity index (χ3n) is 8.33. The summed E-state index contributed by atoms with van der Waals surface area (Å²) in [5.41, 5.74) is 0.147. The van der Waals surface area contributed by atoms with Crippen molar-refractivity contribution in [3.63, 3.8) is 0 Å². The molecule has 2 fully saturated rings. The van der Waals surface area contributed by atoms with Crippen LogP contribution < -0.4 is 10.6 Å². The highest BCUT2D eigenvalue weighted by Crippen LogP contribution is 2.55. The maximum atomic E-state index is 12.4. The minimum absolute atomic E-state index is 0.209. The summed E-state index contributed by atoms with van der Waals surface area (Å²) < 4.78 is 29.8. The predicted octanol–water partition coefficient (Wildman–Crippen LogP) is 4.19. The van der Waals surface area contributed by atoms with Crippen LogP contribution in [0.2, 0.25) is 0 Å². The van der Waals surface area contributed by atoms with E-state index in [4.69, 9.17) is 28.4 Å². The van der Waals surface area contributed by atoms with Crippen LogP contribution in [-0.2, 0) is 54.0 Å². The number of allylic oxidation sites excluding steroid dienone is 2. The molecule has 0 aliphatic heterocycles. The van der Waals surface area contributed by atoms with Crippen molar-refractivity contribution in [2.45, 2.75) is 19.3 Å². The molecule has 49 heavy (non-hydrogen) atoms. The maximum absolute atomic E-state index is 12.4. The third-order valence-corrected chi connectivity index (χ3v) is 8.33. The highest BCUT2D eigenvalue weighted by atomic mass is 16.6. The van der Waals surface area contributed by atoms with Crippen LogP contribution in [-0.4, -0.2) is 76.7 Å². The summed E-state index contributed by atoms with van der Waals surface area (Å²) in [5.74, 6) is -3.54. The lowest BCUT2D eigenvalue weighted by Gasteiger charge is -2.14. The van der Waals surface area contributed by atoms with Gasteiger partial charge in [0.05, 0.1) is 14.2 Å². The maximum Gasteiger partial charge on any atom is 0.411 e. The van der Waals surface area contributed by atoms with Crippen molar-refractivity contribution >= 4 is 47.4 Å². The Hall–Kier alpha value is -5.66. The van der Waals surface area contributed by atoms with Crippen LogP contribution in [0.25, 0.3) is 0 Å². The van der Waals surface area contributed by atoms with Gasteiger partial charge < -0.3 is 28.4 Å². The van der Waals surface area contributed by atoms with Gasteiger partial charge in [0.1, 0.15) is 26.4 Å². The van der Waals surface area contributed by atoms with E-state index in [2.05, 4.69) is 23.8 Å². The topological polar surface area (TPSA) is 182 Å². The van der Waals surface area contributed by atoms with Crippen LogP contribution in [0.3, 0.4) is 0 Å². The molecule has 0 aromatic heterocycles. The second-order valence-electron chi connectivity index (χ2n) is 11.4. The monoisotopic (exact) mass is 678 g/mol. The zero-order chi connectivity index (χ0) is 35.6. The number of amides is 2. The average molecular weight is 679 g/mol. The number of hydrogen-bond donors (Lipinski definition) is 2. The predicted molar refractivity (Wildman–Crippen MR) is 173 cm³/mol. The Labute approximate surface area is 282 Å². The number of esters is 4. The van der Waals surface area contributed by atoms with Crippen LogP contribution in [0.4, 0.5) is 21.0 Å². The summed E-state index contributed by atoms with van der Waals surface area (Å²) >= 11 is 0. The van der Waals surface area contributed by atoms with Crippen LogP contribution in [0, 0.1) is 22.7 Å². The number of carbonyl (C=O) groups is 6. The van der Waals surface area contributed by atoms with Crippen molar-refractivity contribution in [3.05, 3.63) is 85.0 Å². The molecule has 260 valence electrons. The van der Waals surface area contributed by atoms with Gasteiger partial charge in [-0.25, -0.2) is 9.59 Å². The summed E-state index contributed by atoms with van der Waals surface area (Å²) in [6.45, 7) is 6.36. The number of hydrogen-bond acceptors (Lipinski definition) is 12. The van der Waals surface area contributed by atoms with Crippen molar-refractivity contribution in [2.75, 3.05) is 51.3 Å². The number of carbonyl (C=O) groups excluding carboxylic acids is 6. The van der Waals surface area contributed by atoms with E-state index in [0.29, 0.717) is 17.8 Å². The first-order chi connectivity index (χ1) is 23.5. The Morgan fingerprint density at radius 3 is 1.27 bits per heavy atom. The Balaban J connectivity index is 1.12. The molecule has 2 aliphatic rings. The normalized spacial score (nSPS) is 21.5. The molecule has 2 aliphatic carbocycles. The van der Waals surface area contributed by atoms with Crippen LogP contribution in [0.1, 0.15) is 24.0 Å². The van der Waals surface area contributed by atoms with Crippen LogP contribution >= 0.6 is 0 Å². The number of ether oxygens (including phenoxy) is 6. The molecule has 2 saturated carbocycles. The van der Waals surface area contributed by atoms with Gasteiger partial charge >= 0.3 is 36.1 Å². The van der Waals surface area contributed by atoms with E-state index in [0.717, 1.165) is 11.1 Å². The van der Waals surface area contributed by atoms with E-state index in [1.165, 1.54) is 26.4 Å². The molecule has 4 rings (SSSR count). The number of rotatable bonds is 16. The van der Waals surface area contributed by atoms with E-state index in [1.807, 2.05) is 24.3 Å². The standard InChI is InChI=1S/C35H38N2O12/c1-5-24-20-34(24,28(38)44-3)30(40)46-15-17-48-32(42)36-26-11-7-22(8-12-26)19-23-9-13-27(14-10-23)37-33(43)49-18-16-47-31(41)35(29(39)45-4)21-25(35)6-2/h5-14,24-25H,1-2,15-21H2,3-4H3,(H,36,42)(H,37,43). The number of methoxy groups -OCH3 is 2. The molecule has 0 spiro atoms. The lowest BCUT2D eigenvalue weighted by molar-refractivity contribution is -0.165. The van der Waals surface area contributed by atoms with E-state index < -0.39 is 46.9 Å². The molecule has 2 aromatic rings. The second kappa shape index (κ2) is 16.0. The van der Waals surface area contributed by atoms with Crippen LogP contribution in [0.15, 0.2) is 73.8 Å². The largest absolute Gasteiger partial charge is 0.468 e. The van der Waals surface area contributed by atoms with E-state index >= 15 is 0 Å². The first-order valence-corrected chi connectivity index (χ1v) is 15.4. The average Bonchev–Trinajstić information content (AvgIpc) is 4.03. The first kappa shape index (κ1) is 36.2. The van der Waals surface area contributed by atoms with Gasteiger partial charge in [-0.3, -0.25) is 29.8 Å². The molecule has 0 radical (unpaired) electrons. The molecule has 0 saturated heterocycles. The SMILES string of the molecule is C=CC1CC1(C(=O)OC)C(=O)OCCOC(=O)Nc1ccc(Cc2ccc(NC(=O)OCCOC(=O)C3(C(=O)OC)CC3C=C)cc2)cc1. The Morgan fingerprint density at radius 2 is 0.959 bits per heavy atom. The molecule has 4 unspecified atom stereocenters. The molecule has 0 bridgehead atoms. The fourth-order valence-electron chi connectivity index (χ4n) is 5.37. The minimum Gasteiger partial charge on any atom is -0.468 e. The first-order valence-electron chi connectivity index (χ1n) is 15.4. The van der Waals surface area contributed by atoms with Gasteiger partial charge in [0.25, 0.3) is 0 Å². The lowest BCUT2D eigenvalue weighted by atomic mass is 10.0. The quantitative estimate of drug-likeness (QED) is 0.0851. The van der Waals surface area contributed by atoms with E-state index in [1.54, 1.807) is 24.3 Å². The van der Waals surface area contributed by atoms with Crippen molar-refractivity contribution in [1.82, 2.24) is 0 Å². The summed E-state index contributed by atoms with van der Waals surface area (Å²) in [6.07, 6.45) is 2.65. The van der Waals surface area contributed by atoms with Gasteiger partial charge in [-0.05, 0) is 54.7 Å². The number of anilines is 2. The summed E-state index contributed by atoms with van der Waals surface area (Å²) in [6, 6.07) is 14.2. The van der Waals surface area contributed by atoms with Crippen molar-refractivity contribution in [1.29, 1.82) is 0 Å². The molecule has 2 aromatic carbocycles. The van der Waals surface area contributed by atoms with Gasteiger partial charge in [0.15, 0.2) is 10.8 Å². The zero-order valence-electron chi connectivity index (χ0n) is 27.2.